The van der Waals surface area contributed by atoms with E-state index in [0.717, 1.165) is 0 Å². The molecule has 0 fully saturated rings. The molecule has 100 valence electrons. The first-order valence-corrected chi connectivity index (χ1v) is 6.28. The lowest BCUT2D eigenvalue weighted by Crippen LogP contribution is -2.44. The second-order valence-electron chi connectivity index (χ2n) is 4.64. The minimum Gasteiger partial charge on any atom is -0.480 e. The molecule has 4 heteroatoms. The fourth-order valence-electron chi connectivity index (χ4n) is 1.64. The summed E-state index contributed by atoms with van der Waals surface area (Å²) in [6.07, 6.45) is 1.86. The van der Waals surface area contributed by atoms with Crippen molar-refractivity contribution in [3.05, 3.63) is 0 Å². The molecule has 0 saturated carbocycles. The highest BCUT2D eigenvalue weighted by Crippen LogP contribution is 2.32. The van der Waals surface area contributed by atoms with Crippen LogP contribution in [0.3, 0.4) is 0 Å². The van der Waals surface area contributed by atoms with Gasteiger partial charge in [0.1, 0.15) is 5.60 Å². The van der Waals surface area contributed by atoms with Crippen LogP contribution in [0.15, 0.2) is 0 Å². The van der Waals surface area contributed by atoms with Crippen LogP contribution < -0.4 is 0 Å². The van der Waals surface area contributed by atoms with Crippen molar-refractivity contribution in [1.29, 1.82) is 0 Å². The lowest BCUT2D eigenvalue weighted by Gasteiger charge is -2.32. The molecule has 0 aromatic rings. The van der Waals surface area contributed by atoms with Gasteiger partial charge in [-0.3, -0.25) is 9.59 Å². The lowest BCUT2D eigenvalue weighted by molar-refractivity contribution is -0.180. The standard InChI is InChI=1S/C13H24O4/c1-6-12(5,7-2)17-11(16)13(8-3,9-4)10(14)15/h6-9H2,1-5H3,(H,14,15). The van der Waals surface area contributed by atoms with E-state index in [4.69, 9.17) is 4.74 Å². The second kappa shape index (κ2) is 6.03. The van der Waals surface area contributed by atoms with E-state index >= 15 is 0 Å². The molecule has 0 bridgehead atoms. The maximum Gasteiger partial charge on any atom is 0.323 e. The highest BCUT2D eigenvalue weighted by Gasteiger charge is 2.46. The summed E-state index contributed by atoms with van der Waals surface area (Å²) in [4.78, 5) is 23.4. The lowest BCUT2D eigenvalue weighted by atomic mass is 9.82. The Morgan fingerprint density at radius 2 is 1.41 bits per heavy atom. The molecule has 0 saturated heterocycles. The molecule has 0 amide bonds. The predicted molar refractivity (Wildman–Crippen MR) is 65.7 cm³/mol. The van der Waals surface area contributed by atoms with Crippen molar-refractivity contribution in [2.24, 2.45) is 5.41 Å². The van der Waals surface area contributed by atoms with Crippen molar-refractivity contribution < 1.29 is 19.4 Å². The zero-order valence-corrected chi connectivity index (χ0v) is 11.5. The van der Waals surface area contributed by atoms with E-state index in [1.54, 1.807) is 13.8 Å². The third-order valence-electron chi connectivity index (χ3n) is 3.84. The van der Waals surface area contributed by atoms with Crippen molar-refractivity contribution in [1.82, 2.24) is 0 Å². The second-order valence-corrected chi connectivity index (χ2v) is 4.64. The largest absolute Gasteiger partial charge is 0.480 e. The highest BCUT2D eigenvalue weighted by atomic mass is 16.6. The number of esters is 1. The Labute approximate surface area is 103 Å². The van der Waals surface area contributed by atoms with Crippen LogP contribution >= 0.6 is 0 Å². The summed E-state index contributed by atoms with van der Waals surface area (Å²) < 4.78 is 5.43. The molecule has 0 heterocycles. The number of hydrogen-bond acceptors (Lipinski definition) is 3. The molecule has 0 aliphatic heterocycles. The quantitative estimate of drug-likeness (QED) is 0.552. The molecular weight excluding hydrogens is 220 g/mol. The molecule has 1 N–H and O–H groups in total. The van der Waals surface area contributed by atoms with Gasteiger partial charge in [0.05, 0.1) is 0 Å². The first kappa shape index (κ1) is 15.9. The summed E-state index contributed by atoms with van der Waals surface area (Å²) in [5.41, 5.74) is -1.96. The molecule has 0 aromatic heterocycles. The summed E-state index contributed by atoms with van der Waals surface area (Å²) in [6, 6.07) is 0. The molecule has 0 radical (unpaired) electrons. The van der Waals surface area contributed by atoms with Crippen LogP contribution in [-0.4, -0.2) is 22.6 Å². The first-order chi connectivity index (χ1) is 7.81. The number of carboxylic acids is 1. The van der Waals surface area contributed by atoms with E-state index < -0.39 is 23.0 Å². The van der Waals surface area contributed by atoms with Crippen LogP contribution in [0.4, 0.5) is 0 Å². The van der Waals surface area contributed by atoms with Gasteiger partial charge in [-0.2, -0.15) is 0 Å². The fraction of sp³-hybridized carbons (Fsp3) is 0.846. The van der Waals surface area contributed by atoms with Crippen LogP contribution in [0.25, 0.3) is 0 Å². The van der Waals surface area contributed by atoms with E-state index in [0.29, 0.717) is 12.8 Å². The minimum absolute atomic E-state index is 0.251. The van der Waals surface area contributed by atoms with Gasteiger partial charge in [0.25, 0.3) is 0 Å². The number of aliphatic carboxylic acids is 1. The predicted octanol–water partition coefficient (Wildman–Crippen LogP) is 3.00. The Morgan fingerprint density at radius 1 is 1.00 bits per heavy atom. The van der Waals surface area contributed by atoms with Gasteiger partial charge in [0, 0.05) is 0 Å². The van der Waals surface area contributed by atoms with E-state index in [1.165, 1.54) is 0 Å². The number of carbonyl (C=O) groups excluding carboxylic acids is 1. The van der Waals surface area contributed by atoms with Crippen molar-refractivity contribution in [2.45, 2.75) is 65.9 Å². The molecule has 0 rings (SSSR count). The number of ether oxygens (including phenoxy) is 1. The number of hydrogen-bond donors (Lipinski definition) is 1. The smallest absolute Gasteiger partial charge is 0.323 e. The van der Waals surface area contributed by atoms with Crippen LogP contribution in [0, 0.1) is 5.41 Å². The molecule has 0 atom stereocenters. The number of carboxylic acid groups (broad SMARTS) is 1. The van der Waals surface area contributed by atoms with Crippen molar-refractivity contribution in [2.75, 3.05) is 0 Å². The molecule has 17 heavy (non-hydrogen) atoms. The molecule has 4 nitrogen and oxygen atoms in total. The summed E-state index contributed by atoms with van der Waals surface area (Å²) in [5, 5.41) is 9.24. The SMILES string of the molecule is CCC(C)(CC)OC(=O)C(CC)(CC)C(=O)O. The number of carbonyl (C=O) groups is 2. The van der Waals surface area contributed by atoms with Gasteiger partial charge in [0.15, 0.2) is 5.41 Å². The van der Waals surface area contributed by atoms with Crippen LogP contribution in [-0.2, 0) is 14.3 Å². The number of rotatable bonds is 7. The molecule has 0 spiro atoms. The Bertz CT molecular complexity index is 275. The molecule has 0 aromatic carbocycles. The summed E-state index contributed by atoms with van der Waals surface area (Å²) in [7, 11) is 0. The maximum atomic E-state index is 12.1. The molecule has 0 aliphatic rings. The summed E-state index contributed by atoms with van der Waals surface area (Å²) >= 11 is 0. The monoisotopic (exact) mass is 244 g/mol. The Kier molecular flexibility index (Phi) is 5.66. The summed E-state index contributed by atoms with van der Waals surface area (Å²) in [5.74, 6) is -1.71. The third-order valence-corrected chi connectivity index (χ3v) is 3.84. The van der Waals surface area contributed by atoms with E-state index in [-0.39, 0.29) is 12.8 Å². The zero-order chi connectivity index (χ0) is 13.7. The van der Waals surface area contributed by atoms with Gasteiger partial charge >= 0.3 is 11.9 Å². The van der Waals surface area contributed by atoms with E-state index in [1.807, 2.05) is 20.8 Å². The van der Waals surface area contributed by atoms with Crippen molar-refractivity contribution in [3.63, 3.8) is 0 Å². The molecular formula is C13H24O4. The van der Waals surface area contributed by atoms with Crippen LogP contribution in [0.5, 0.6) is 0 Å². The Hall–Kier alpha value is -1.06. The van der Waals surface area contributed by atoms with E-state index in [2.05, 4.69) is 0 Å². The van der Waals surface area contributed by atoms with Gasteiger partial charge in [-0.25, -0.2) is 0 Å². The van der Waals surface area contributed by atoms with Crippen LogP contribution in [0.1, 0.15) is 60.3 Å². The minimum atomic E-state index is -1.40. The Balaban J connectivity index is 5.06. The fourth-order valence-corrected chi connectivity index (χ4v) is 1.64. The molecule has 0 unspecified atom stereocenters. The van der Waals surface area contributed by atoms with Gasteiger partial charge in [-0.15, -0.1) is 0 Å². The van der Waals surface area contributed by atoms with Gasteiger partial charge in [0.2, 0.25) is 0 Å². The highest BCUT2D eigenvalue weighted by molar-refractivity contribution is 5.99. The average Bonchev–Trinajstić information content (AvgIpc) is 2.30. The van der Waals surface area contributed by atoms with Gasteiger partial charge in [-0.1, -0.05) is 27.7 Å². The zero-order valence-electron chi connectivity index (χ0n) is 11.5. The maximum absolute atomic E-state index is 12.1. The first-order valence-electron chi connectivity index (χ1n) is 6.28. The average molecular weight is 244 g/mol. The Morgan fingerprint density at radius 3 is 1.65 bits per heavy atom. The van der Waals surface area contributed by atoms with Crippen molar-refractivity contribution in [3.8, 4) is 0 Å². The molecule has 0 aliphatic carbocycles. The van der Waals surface area contributed by atoms with Gasteiger partial charge in [-0.05, 0) is 32.6 Å². The van der Waals surface area contributed by atoms with Crippen LogP contribution in [0.2, 0.25) is 0 Å². The normalized spacial score (nSPS) is 12.3. The third kappa shape index (κ3) is 3.20. The summed E-state index contributed by atoms with van der Waals surface area (Å²) in [6.45, 7) is 9.10. The van der Waals surface area contributed by atoms with Gasteiger partial charge < -0.3 is 9.84 Å². The van der Waals surface area contributed by atoms with E-state index in [9.17, 15) is 14.7 Å². The van der Waals surface area contributed by atoms with Crippen molar-refractivity contribution >= 4 is 11.9 Å². The topological polar surface area (TPSA) is 63.6 Å².